The maximum atomic E-state index is 12.6. The summed E-state index contributed by atoms with van der Waals surface area (Å²) < 4.78 is 5.66. The number of hydrogen-bond acceptors (Lipinski definition) is 6. The maximum Gasteiger partial charge on any atom is 0.236 e. The molecule has 0 N–H and O–H groups in total. The molecule has 31 heavy (non-hydrogen) atoms. The number of nitriles is 1. The van der Waals surface area contributed by atoms with E-state index in [1.165, 1.54) is 12.0 Å². The van der Waals surface area contributed by atoms with Gasteiger partial charge in [0.25, 0.3) is 0 Å². The van der Waals surface area contributed by atoms with Gasteiger partial charge in [-0.3, -0.25) is 9.69 Å². The van der Waals surface area contributed by atoms with Crippen molar-refractivity contribution in [2.75, 3.05) is 50.7 Å². The summed E-state index contributed by atoms with van der Waals surface area (Å²) in [7, 11) is 0. The number of aromatic nitrogens is 1. The van der Waals surface area contributed by atoms with Gasteiger partial charge >= 0.3 is 0 Å². The first-order valence-corrected chi connectivity index (χ1v) is 11.5. The van der Waals surface area contributed by atoms with E-state index in [1.54, 1.807) is 6.26 Å². The van der Waals surface area contributed by atoms with Gasteiger partial charge in [-0.2, -0.15) is 5.26 Å². The molecule has 1 aliphatic carbocycles. The van der Waals surface area contributed by atoms with E-state index in [0.717, 1.165) is 99.8 Å². The van der Waals surface area contributed by atoms with Crippen molar-refractivity contribution >= 4 is 11.7 Å². The number of fused-ring (bicyclic) bond motifs is 1. The third-order valence-electron chi connectivity index (χ3n) is 6.85. The minimum Gasteiger partial charge on any atom is -0.463 e. The molecule has 0 radical (unpaired) electrons. The van der Waals surface area contributed by atoms with Gasteiger partial charge in [0.1, 0.15) is 17.6 Å². The highest BCUT2D eigenvalue weighted by Gasteiger charge is 2.29. The van der Waals surface area contributed by atoms with Crippen LogP contribution in [0.1, 0.15) is 42.4 Å². The second kappa shape index (κ2) is 8.72. The molecule has 7 heteroatoms. The van der Waals surface area contributed by atoms with Gasteiger partial charge in [-0.1, -0.05) is 0 Å². The highest BCUT2D eigenvalue weighted by molar-refractivity contribution is 5.78. The SMILES string of the molecule is N#Cc1c(N2CCN(CC(=O)N3CCCCC3)CC2)nc(-c2ccco2)c2c1CCC2. The molecule has 2 saturated heterocycles. The van der Waals surface area contributed by atoms with E-state index >= 15 is 0 Å². The van der Waals surface area contributed by atoms with Gasteiger partial charge in [-0.25, -0.2) is 4.98 Å². The first-order chi connectivity index (χ1) is 15.2. The molecule has 3 aliphatic rings. The number of nitrogens with zero attached hydrogens (tertiary/aromatic N) is 5. The van der Waals surface area contributed by atoms with Gasteiger partial charge < -0.3 is 14.2 Å². The summed E-state index contributed by atoms with van der Waals surface area (Å²) in [5.74, 6) is 1.80. The highest BCUT2D eigenvalue weighted by Crippen LogP contribution is 2.37. The maximum absolute atomic E-state index is 12.6. The van der Waals surface area contributed by atoms with E-state index < -0.39 is 0 Å². The summed E-state index contributed by atoms with van der Waals surface area (Å²) in [6, 6.07) is 6.27. The van der Waals surface area contributed by atoms with E-state index in [-0.39, 0.29) is 5.91 Å². The van der Waals surface area contributed by atoms with Crippen molar-refractivity contribution in [2.45, 2.75) is 38.5 Å². The van der Waals surface area contributed by atoms with Crippen molar-refractivity contribution in [3.63, 3.8) is 0 Å². The minimum absolute atomic E-state index is 0.252. The molecule has 5 rings (SSSR count). The normalized spacial score (nSPS) is 19.3. The van der Waals surface area contributed by atoms with Crippen LogP contribution in [0.15, 0.2) is 22.8 Å². The molecule has 2 aromatic rings. The molecule has 0 saturated carbocycles. The predicted octanol–water partition coefficient (Wildman–Crippen LogP) is 2.84. The fraction of sp³-hybridized carbons (Fsp3) is 0.542. The molecule has 162 valence electrons. The van der Waals surface area contributed by atoms with E-state index in [2.05, 4.69) is 15.9 Å². The molecule has 0 unspecified atom stereocenters. The average Bonchev–Trinajstić information content (AvgIpc) is 3.52. The number of carbonyl (C=O) groups is 1. The summed E-state index contributed by atoms with van der Waals surface area (Å²) in [6.07, 6.45) is 8.07. The van der Waals surface area contributed by atoms with Gasteiger partial charge in [0.05, 0.1) is 18.4 Å². The number of piperidine rings is 1. The first kappa shape index (κ1) is 20.1. The Morgan fingerprint density at radius 3 is 2.52 bits per heavy atom. The number of furan rings is 1. The number of pyridine rings is 1. The third kappa shape index (κ3) is 3.92. The van der Waals surface area contributed by atoms with Gasteiger partial charge in [0.2, 0.25) is 5.91 Å². The van der Waals surface area contributed by atoms with Gasteiger partial charge in [0.15, 0.2) is 5.76 Å². The summed E-state index contributed by atoms with van der Waals surface area (Å²) in [6.45, 7) is 5.45. The zero-order valence-corrected chi connectivity index (χ0v) is 18.0. The Morgan fingerprint density at radius 1 is 1.03 bits per heavy atom. The van der Waals surface area contributed by atoms with Gasteiger partial charge in [-0.15, -0.1) is 0 Å². The summed E-state index contributed by atoms with van der Waals surface area (Å²) in [5, 5.41) is 9.95. The monoisotopic (exact) mass is 419 g/mol. The molecule has 2 aromatic heterocycles. The Bertz CT molecular complexity index is 980. The van der Waals surface area contributed by atoms with E-state index in [1.807, 2.05) is 17.0 Å². The fourth-order valence-electron chi connectivity index (χ4n) is 5.16. The lowest BCUT2D eigenvalue weighted by molar-refractivity contribution is -0.133. The molecule has 7 nitrogen and oxygen atoms in total. The largest absolute Gasteiger partial charge is 0.463 e. The summed E-state index contributed by atoms with van der Waals surface area (Å²) >= 11 is 0. The number of rotatable bonds is 4. The summed E-state index contributed by atoms with van der Waals surface area (Å²) in [5.41, 5.74) is 3.91. The van der Waals surface area contributed by atoms with Crippen LogP contribution >= 0.6 is 0 Å². The Balaban J connectivity index is 1.33. The number of carbonyl (C=O) groups excluding carboxylic acids is 1. The Labute approximate surface area is 183 Å². The van der Waals surface area contributed by atoms with Crippen molar-refractivity contribution in [2.24, 2.45) is 0 Å². The zero-order valence-electron chi connectivity index (χ0n) is 18.0. The van der Waals surface area contributed by atoms with Crippen LogP contribution in [-0.4, -0.2) is 66.5 Å². The van der Waals surface area contributed by atoms with Crippen molar-refractivity contribution in [3.05, 3.63) is 35.1 Å². The smallest absolute Gasteiger partial charge is 0.236 e. The van der Waals surface area contributed by atoms with Crippen LogP contribution in [0.25, 0.3) is 11.5 Å². The Morgan fingerprint density at radius 2 is 1.81 bits per heavy atom. The number of amides is 1. The molecule has 4 heterocycles. The molecule has 2 fully saturated rings. The van der Waals surface area contributed by atoms with Crippen molar-refractivity contribution < 1.29 is 9.21 Å². The van der Waals surface area contributed by atoms with Crippen LogP contribution in [0.5, 0.6) is 0 Å². The van der Waals surface area contributed by atoms with E-state index in [9.17, 15) is 10.1 Å². The lowest BCUT2D eigenvalue weighted by Gasteiger charge is -2.37. The molecule has 0 spiro atoms. The zero-order chi connectivity index (χ0) is 21.2. The van der Waals surface area contributed by atoms with Crippen molar-refractivity contribution in [1.29, 1.82) is 5.26 Å². The molecular weight excluding hydrogens is 390 g/mol. The van der Waals surface area contributed by atoms with Crippen LogP contribution in [0.4, 0.5) is 5.82 Å². The number of hydrogen-bond donors (Lipinski definition) is 0. The predicted molar refractivity (Wildman–Crippen MR) is 118 cm³/mol. The van der Waals surface area contributed by atoms with E-state index in [0.29, 0.717) is 6.54 Å². The highest BCUT2D eigenvalue weighted by atomic mass is 16.3. The molecule has 1 amide bonds. The van der Waals surface area contributed by atoms with Crippen molar-refractivity contribution in [1.82, 2.24) is 14.8 Å². The molecule has 0 atom stereocenters. The quantitative estimate of drug-likeness (QED) is 0.759. The number of anilines is 1. The topological polar surface area (TPSA) is 76.6 Å². The molecular formula is C24H29N5O2. The standard InChI is InChI=1S/C24H29N5O2/c25-16-20-18-6-4-7-19(18)23(21-8-5-15-31-21)26-24(20)29-13-11-27(12-14-29)17-22(30)28-9-2-1-3-10-28/h5,8,15H,1-4,6-7,9-14,17H2. The number of likely N-dealkylation sites (tertiary alicyclic amines) is 1. The number of piperazine rings is 1. The first-order valence-electron chi connectivity index (χ1n) is 11.5. The Hall–Kier alpha value is -2.85. The lowest BCUT2D eigenvalue weighted by Crippen LogP contribution is -2.51. The lowest BCUT2D eigenvalue weighted by atomic mass is 10.0. The average molecular weight is 420 g/mol. The Kier molecular flexibility index (Phi) is 5.65. The van der Waals surface area contributed by atoms with E-state index in [4.69, 9.17) is 9.40 Å². The minimum atomic E-state index is 0.252. The second-order valence-corrected chi connectivity index (χ2v) is 8.76. The van der Waals surface area contributed by atoms with Gasteiger partial charge in [-0.05, 0) is 61.8 Å². The second-order valence-electron chi connectivity index (χ2n) is 8.76. The fourth-order valence-corrected chi connectivity index (χ4v) is 5.16. The van der Waals surface area contributed by atoms with Crippen molar-refractivity contribution in [3.8, 4) is 17.5 Å². The van der Waals surface area contributed by atoms with Gasteiger partial charge in [0, 0.05) is 39.3 Å². The van der Waals surface area contributed by atoms with Crippen LogP contribution < -0.4 is 4.90 Å². The molecule has 0 aromatic carbocycles. The molecule has 0 bridgehead atoms. The van der Waals surface area contributed by atoms with Crippen LogP contribution in [-0.2, 0) is 17.6 Å². The van der Waals surface area contributed by atoms with Crippen LogP contribution in [0.2, 0.25) is 0 Å². The molecule has 2 aliphatic heterocycles. The van der Waals surface area contributed by atoms with Crippen LogP contribution in [0.3, 0.4) is 0 Å². The van der Waals surface area contributed by atoms with Crippen LogP contribution in [0, 0.1) is 11.3 Å². The third-order valence-corrected chi connectivity index (χ3v) is 6.85. The summed E-state index contributed by atoms with van der Waals surface area (Å²) in [4.78, 5) is 24.0.